The van der Waals surface area contributed by atoms with E-state index in [1.165, 1.54) is 12.8 Å². The fraction of sp³-hybridized carbons (Fsp3) is 1.00. The van der Waals surface area contributed by atoms with E-state index in [0.29, 0.717) is 0 Å². The molecule has 1 saturated carbocycles. The van der Waals surface area contributed by atoms with Crippen LogP contribution in [0.5, 0.6) is 0 Å². The van der Waals surface area contributed by atoms with E-state index in [0.717, 1.165) is 12.8 Å². The Kier molecular flexibility index (Phi) is 13.7. The largest absolute Gasteiger partial charge is 2.00 e. The van der Waals surface area contributed by atoms with Crippen molar-refractivity contribution in [3.05, 3.63) is 11.5 Å². The Balaban J connectivity index is -0.000000185. The molecule has 1 aliphatic carbocycles. The van der Waals surface area contributed by atoms with Gasteiger partial charge >= 0.3 is 50.5 Å². The van der Waals surface area contributed by atoms with Gasteiger partial charge in [-0.25, -0.2) is 0 Å². The molecule has 1 aliphatic rings. The number of nitrogens with one attached hydrogen (secondary N) is 2. The van der Waals surface area contributed by atoms with Gasteiger partial charge in [0, 0.05) is 0 Å². The molecule has 1 fully saturated rings. The molecule has 6 N–H and O–H groups in total. The van der Waals surface area contributed by atoms with Gasteiger partial charge in [-0.1, -0.05) is 25.7 Å². The normalized spacial score (nSPS) is 25.1. The van der Waals surface area contributed by atoms with Crippen molar-refractivity contribution in [1.82, 2.24) is 0 Å². The molecule has 2 unspecified atom stereocenters. The van der Waals surface area contributed by atoms with Crippen LogP contribution in [-0.4, -0.2) is 39.3 Å². The maximum Gasteiger partial charge on any atom is 2.00 e. The molecule has 0 bridgehead atoms. The predicted molar refractivity (Wildman–Crippen MR) is 49.9 cm³/mol. The predicted octanol–water partition coefficient (Wildman–Crippen LogP) is -0.158. The molecule has 0 radical (unpaired) electrons. The topological polar surface area (TPSA) is 154 Å². The second-order valence-corrected chi connectivity index (χ2v) is 4.82. The van der Waals surface area contributed by atoms with Crippen molar-refractivity contribution in [2.45, 2.75) is 37.8 Å². The first-order valence-electron chi connectivity index (χ1n) is 3.93. The Bertz CT molecular complexity index is 218. The fourth-order valence-corrected chi connectivity index (χ4v) is 1.13. The molecule has 0 aromatic carbocycles. The van der Waals surface area contributed by atoms with Crippen LogP contribution in [0.1, 0.15) is 25.7 Å². The molecular weight excluding hydrogens is 454 g/mol. The second-order valence-electron chi connectivity index (χ2n) is 2.95. The Hall–Kier alpha value is 0.608. The first-order chi connectivity index (χ1) is 5.80. The molecule has 0 aromatic rings. The summed E-state index contributed by atoms with van der Waals surface area (Å²) in [5.74, 6) is 0. The van der Waals surface area contributed by atoms with Crippen LogP contribution in [0.15, 0.2) is 0 Å². The van der Waals surface area contributed by atoms with Gasteiger partial charge in [-0.3, -0.25) is 0 Å². The Labute approximate surface area is 105 Å². The van der Waals surface area contributed by atoms with E-state index in [4.69, 9.17) is 27.5 Å². The van der Waals surface area contributed by atoms with E-state index in [2.05, 4.69) is 0 Å². The van der Waals surface area contributed by atoms with Crippen molar-refractivity contribution < 1.29 is 42.6 Å². The summed E-state index contributed by atoms with van der Waals surface area (Å²) in [6.07, 6.45) is 4.25. The van der Waals surface area contributed by atoms with Crippen LogP contribution in [0.25, 0.3) is 11.5 Å². The van der Waals surface area contributed by atoms with Crippen LogP contribution in [0, 0.1) is 0 Å². The van der Waals surface area contributed by atoms with Crippen LogP contribution < -0.4 is 0 Å². The molecular formula is C6H16N2O5PtSe. The Morgan fingerprint density at radius 2 is 1.20 bits per heavy atom. The number of hydrogen-bond donors (Lipinski definition) is 2. The third kappa shape index (κ3) is 17.2. The van der Waals surface area contributed by atoms with Gasteiger partial charge in [-0.2, -0.15) is 12.1 Å². The zero-order valence-corrected chi connectivity index (χ0v) is 11.9. The molecule has 0 aliphatic heterocycles. The molecule has 7 nitrogen and oxygen atoms in total. The van der Waals surface area contributed by atoms with Gasteiger partial charge in [-0.15, -0.1) is 0 Å². The molecule has 0 aromatic heterocycles. The summed E-state index contributed by atoms with van der Waals surface area (Å²) >= 11 is -5.25. The van der Waals surface area contributed by atoms with E-state index in [1.54, 1.807) is 0 Å². The summed E-state index contributed by atoms with van der Waals surface area (Å²) in [7, 11) is 0. The first-order valence-corrected chi connectivity index (χ1v) is 6.86. The van der Waals surface area contributed by atoms with Crippen molar-refractivity contribution >= 4 is 13.4 Å². The van der Waals surface area contributed by atoms with Gasteiger partial charge in [0.25, 0.3) is 0 Å². The van der Waals surface area contributed by atoms with Crippen LogP contribution in [-0.2, 0) is 28.7 Å². The summed E-state index contributed by atoms with van der Waals surface area (Å²) < 4.78 is 31.9. The second kappa shape index (κ2) is 9.81. The van der Waals surface area contributed by atoms with E-state index in [1.807, 2.05) is 0 Å². The van der Waals surface area contributed by atoms with Crippen molar-refractivity contribution in [2.24, 2.45) is 0 Å². The third-order valence-electron chi connectivity index (χ3n) is 1.77. The smallest absolute Gasteiger partial charge is 0.676 e. The van der Waals surface area contributed by atoms with Gasteiger partial charge in [0.15, 0.2) is 0 Å². The summed E-state index contributed by atoms with van der Waals surface area (Å²) in [5, 5.41) is 0. The molecule has 1 rings (SSSR count). The molecule has 0 spiro atoms. The van der Waals surface area contributed by atoms with Crippen molar-refractivity contribution in [3.8, 4) is 0 Å². The van der Waals surface area contributed by atoms with E-state index in [-0.39, 0.29) is 38.6 Å². The zero-order chi connectivity index (χ0) is 10.5. The van der Waals surface area contributed by atoms with Gasteiger partial charge in [-0.05, 0) is 0 Å². The van der Waals surface area contributed by atoms with Crippen molar-refractivity contribution in [3.63, 3.8) is 0 Å². The average Bonchev–Trinajstić information content (AvgIpc) is 1.92. The number of hydrogen-bond acceptors (Lipinski definition) is 2. The van der Waals surface area contributed by atoms with Crippen LogP contribution >= 0.6 is 0 Å². The maximum absolute atomic E-state index is 8.82. The average molecular weight is 470 g/mol. The van der Waals surface area contributed by atoms with Gasteiger partial charge in [0.2, 0.25) is 0 Å². The monoisotopic (exact) mass is 471 g/mol. The van der Waals surface area contributed by atoms with E-state index >= 15 is 0 Å². The number of rotatable bonds is 0. The van der Waals surface area contributed by atoms with Crippen molar-refractivity contribution in [1.29, 1.82) is 0 Å². The van der Waals surface area contributed by atoms with Gasteiger partial charge < -0.3 is 16.9 Å². The maximum atomic E-state index is 8.82. The fourth-order valence-electron chi connectivity index (χ4n) is 1.13. The third-order valence-corrected chi connectivity index (χ3v) is 1.77. The summed E-state index contributed by atoms with van der Waals surface area (Å²) in [5.41, 5.74) is 14.6. The quantitative estimate of drug-likeness (QED) is 0.473. The van der Waals surface area contributed by atoms with Crippen LogP contribution in [0.3, 0.4) is 0 Å². The first kappa shape index (κ1) is 21.0. The van der Waals surface area contributed by atoms with Crippen molar-refractivity contribution in [2.75, 3.05) is 0 Å². The minimum absolute atomic E-state index is 0. The van der Waals surface area contributed by atoms with Gasteiger partial charge in [0.1, 0.15) is 0 Å². The van der Waals surface area contributed by atoms with Crippen LogP contribution in [0.2, 0.25) is 0 Å². The summed E-state index contributed by atoms with van der Waals surface area (Å²) in [6.45, 7) is 0. The molecule has 0 saturated heterocycles. The van der Waals surface area contributed by atoms with Crippen LogP contribution in [0.4, 0.5) is 0 Å². The molecule has 0 heterocycles. The molecule has 2 atom stereocenters. The SMILES string of the molecule is O.O=[Se](=O)(O)O.[NH-]C1CCCCC1[NH-].[Pt+2]. The van der Waals surface area contributed by atoms with E-state index in [9.17, 15) is 0 Å². The minimum Gasteiger partial charge on any atom is -0.676 e. The molecule has 0 amide bonds. The minimum atomic E-state index is -5.25. The van der Waals surface area contributed by atoms with Gasteiger partial charge in [0.05, 0.1) is 0 Å². The molecule has 15 heavy (non-hydrogen) atoms. The summed E-state index contributed by atoms with van der Waals surface area (Å²) in [6, 6.07) is -0.160. The van der Waals surface area contributed by atoms with E-state index < -0.39 is 13.4 Å². The Morgan fingerprint density at radius 3 is 1.33 bits per heavy atom. The summed E-state index contributed by atoms with van der Waals surface area (Å²) in [4.78, 5) is 0. The zero-order valence-electron chi connectivity index (χ0n) is 7.92. The molecule has 9 heteroatoms. The Morgan fingerprint density at radius 1 is 1.00 bits per heavy atom. The molecule has 96 valence electrons. The standard InChI is InChI=1S/C6H12N2.H2O4Se.H2O.Pt/c7-5-3-1-2-4-6(5)8;1-5(2,3)4;;/h5-8H,1-4H2;(H2,1,2,3,4);1H2;/q-2;;;+2.